The average Bonchev–Trinajstić information content (AvgIpc) is 3.13. The monoisotopic (exact) mass is 306 g/mol. The number of nitrogens with one attached hydrogen (secondary N) is 1. The Hall–Kier alpha value is -2.22. The van der Waals surface area contributed by atoms with Gasteiger partial charge in [-0.2, -0.15) is 5.26 Å². The van der Waals surface area contributed by atoms with Gasteiger partial charge >= 0.3 is 0 Å². The first kappa shape index (κ1) is 15.7. The Morgan fingerprint density at radius 3 is 2.39 bits per heavy atom. The molecule has 0 spiro atoms. The minimum atomic E-state index is 0.362. The molecule has 2 heterocycles. The lowest BCUT2D eigenvalue weighted by atomic mass is 10.0. The highest BCUT2D eigenvalue weighted by atomic mass is 15.2. The SMILES string of the molecule is CNC(CN1CCCC1)c1ccc(-c2ccc(C#N)nc2)cc1. The fourth-order valence-corrected chi connectivity index (χ4v) is 3.13. The summed E-state index contributed by atoms with van der Waals surface area (Å²) in [7, 11) is 2.03. The Bertz CT molecular complexity index is 664. The Kier molecular flexibility index (Phi) is 5.02. The Labute approximate surface area is 137 Å². The number of aromatic nitrogens is 1. The van der Waals surface area contributed by atoms with Crippen LogP contribution in [0.3, 0.4) is 0 Å². The molecule has 0 radical (unpaired) electrons. The number of benzene rings is 1. The highest BCUT2D eigenvalue weighted by Gasteiger charge is 2.17. The number of likely N-dealkylation sites (N-methyl/N-ethyl adjacent to an activating group) is 1. The third-order valence-corrected chi connectivity index (χ3v) is 4.51. The predicted molar refractivity (Wildman–Crippen MR) is 91.9 cm³/mol. The van der Waals surface area contributed by atoms with Crippen LogP contribution in [0.2, 0.25) is 0 Å². The zero-order valence-electron chi connectivity index (χ0n) is 13.5. The van der Waals surface area contributed by atoms with Crippen LogP contribution in [0, 0.1) is 11.3 Å². The first-order valence-corrected chi connectivity index (χ1v) is 8.16. The van der Waals surface area contributed by atoms with E-state index in [1.165, 1.54) is 31.5 Å². The van der Waals surface area contributed by atoms with E-state index in [1.807, 2.05) is 19.2 Å². The van der Waals surface area contributed by atoms with Crippen LogP contribution in [0.1, 0.15) is 30.1 Å². The number of hydrogen-bond donors (Lipinski definition) is 1. The molecule has 0 saturated carbocycles. The number of nitriles is 1. The Balaban J connectivity index is 1.73. The molecule has 4 heteroatoms. The average molecular weight is 306 g/mol. The van der Waals surface area contributed by atoms with Gasteiger partial charge in [-0.1, -0.05) is 24.3 Å². The van der Waals surface area contributed by atoms with Gasteiger partial charge in [0.15, 0.2) is 0 Å². The van der Waals surface area contributed by atoms with E-state index < -0.39 is 0 Å². The number of nitrogens with zero attached hydrogens (tertiary/aromatic N) is 3. The van der Waals surface area contributed by atoms with Gasteiger partial charge < -0.3 is 10.2 Å². The first-order chi connectivity index (χ1) is 11.3. The number of hydrogen-bond acceptors (Lipinski definition) is 4. The molecule has 1 aromatic carbocycles. The lowest BCUT2D eigenvalue weighted by Crippen LogP contribution is -2.31. The molecular weight excluding hydrogens is 284 g/mol. The molecule has 1 aliphatic heterocycles. The highest BCUT2D eigenvalue weighted by Crippen LogP contribution is 2.23. The zero-order chi connectivity index (χ0) is 16.1. The second kappa shape index (κ2) is 7.36. The summed E-state index contributed by atoms with van der Waals surface area (Å²) in [6.07, 6.45) is 4.40. The predicted octanol–water partition coefficient (Wildman–Crippen LogP) is 2.98. The molecule has 1 fully saturated rings. The van der Waals surface area contributed by atoms with Crippen LogP contribution in [-0.4, -0.2) is 36.6 Å². The number of pyridine rings is 1. The summed E-state index contributed by atoms with van der Waals surface area (Å²) < 4.78 is 0. The van der Waals surface area contributed by atoms with Crippen molar-refractivity contribution < 1.29 is 0 Å². The molecular formula is C19H22N4. The highest BCUT2D eigenvalue weighted by molar-refractivity contribution is 5.63. The third-order valence-electron chi connectivity index (χ3n) is 4.51. The van der Waals surface area contributed by atoms with Crippen molar-refractivity contribution >= 4 is 0 Å². The molecule has 1 aliphatic rings. The fraction of sp³-hybridized carbons (Fsp3) is 0.368. The van der Waals surface area contributed by atoms with E-state index in [4.69, 9.17) is 5.26 Å². The van der Waals surface area contributed by atoms with Gasteiger partial charge in [0.25, 0.3) is 0 Å². The summed E-state index contributed by atoms with van der Waals surface area (Å²) in [5.41, 5.74) is 3.92. The summed E-state index contributed by atoms with van der Waals surface area (Å²) in [4.78, 5) is 6.66. The van der Waals surface area contributed by atoms with Gasteiger partial charge in [-0.05, 0) is 56.2 Å². The molecule has 2 aromatic rings. The van der Waals surface area contributed by atoms with Crippen molar-refractivity contribution in [2.75, 3.05) is 26.7 Å². The van der Waals surface area contributed by atoms with E-state index in [0.29, 0.717) is 11.7 Å². The van der Waals surface area contributed by atoms with Crippen LogP contribution >= 0.6 is 0 Å². The third kappa shape index (κ3) is 3.76. The van der Waals surface area contributed by atoms with Crippen molar-refractivity contribution in [3.8, 4) is 17.2 Å². The van der Waals surface area contributed by atoms with E-state index in [-0.39, 0.29) is 0 Å². The van der Waals surface area contributed by atoms with E-state index in [9.17, 15) is 0 Å². The number of rotatable bonds is 5. The molecule has 4 nitrogen and oxygen atoms in total. The molecule has 1 atom stereocenters. The van der Waals surface area contributed by atoms with Gasteiger partial charge in [-0.25, -0.2) is 4.98 Å². The topological polar surface area (TPSA) is 52.0 Å². The molecule has 23 heavy (non-hydrogen) atoms. The van der Waals surface area contributed by atoms with Crippen molar-refractivity contribution in [1.82, 2.24) is 15.2 Å². The maximum Gasteiger partial charge on any atom is 0.140 e. The van der Waals surface area contributed by atoms with Gasteiger partial charge in [-0.3, -0.25) is 0 Å². The van der Waals surface area contributed by atoms with Crippen LogP contribution in [-0.2, 0) is 0 Å². The summed E-state index contributed by atoms with van der Waals surface area (Å²) in [5.74, 6) is 0. The van der Waals surface area contributed by atoms with Gasteiger partial charge in [0.1, 0.15) is 11.8 Å². The smallest absolute Gasteiger partial charge is 0.140 e. The van der Waals surface area contributed by atoms with Crippen molar-refractivity contribution in [2.24, 2.45) is 0 Å². The minimum Gasteiger partial charge on any atom is -0.312 e. The first-order valence-electron chi connectivity index (χ1n) is 8.16. The van der Waals surface area contributed by atoms with Crippen molar-refractivity contribution in [1.29, 1.82) is 5.26 Å². The minimum absolute atomic E-state index is 0.362. The molecule has 0 amide bonds. The quantitative estimate of drug-likeness (QED) is 0.922. The summed E-state index contributed by atoms with van der Waals surface area (Å²) >= 11 is 0. The standard InChI is InChI=1S/C19H22N4/c1-21-19(14-23-10-2-3-11-23)16-6-4-15(5-7-16)17-8-9-18(12-20)22-13-17/h4-9,13,19,21H,2-3,10-11,14H2,1H3. The molecule has 1 unspecified atom stereocenters. The van der Waals surface area contributed by atoms with Crippen LogP contribution in [0.5, 0.6) is 0 Å². The lowest BCUT2D eigenvalue weighted by Gasteiger charge is -2.23. The van der Waals surface area contributed by atoms with E-state index in [0.717, 1.165) is 17.7 Å². The van der Waals surface area contributed by atoms with Gasteiger partial charge in [0.05, 0.1) is 0 Å². The van der Waals surface area contributed by atoms with Crippen molar-refractivity contribution in [2.45, 2.75) is 18.9 Å². The Morgan fingerprint density at radius 1 is 1.13 bits per heavy atom. The number of likely N-dealkylation sites (tertiary alicyclic amines) is 1. The van der Waals surface area contributed by atoms with Crippen LogP contribution < -0.4 is 5.32 Å². The van der Waals surface area contributed by atoms with Crippen LogP contribution in [0.25, 0.3) is 11.1 Å². The molecule has 1 aromatic heterocycles. The lowest BCUT2D eigenvalue weighted by molar-refractivity contribution is 0.299. The maximum atomic E-state index is 8.82. The van der Waals surface area contributed by atoms with Crippen molar-refractivity contribution in [3.63, 3.8) is 0 Å². The van der Waals surface area contributed by atoms with E-state index in [2.05, 4.69) is 39.5 Å². The second-order valence-electron chi connectivity index (χ2n) is 6.01. The maximum absolute atomic E-state index is 8.82. The molecule has 1 saturated heterocycles. The van der Waals surface area contributed by atoms with Gasteiger partial charge in [-0.15, -0.1) is 0 Å². The molecule has 3 rings (SSSR count). The zero-order valence-corrected chi connectivity index (χ0v) is 13.5. The molecule has 0 bridgehead atoms. The van der Waals surface area contributed by atoms with E-state index in [1.54, 1.807) is 12.3 Å². The normalized spacial score (nSPS) is 16.2. The fourth-order valence-electron chi connectivity index (χ4n) is 3.13. The molecule has 118 valence electrons. The summed E-state index contributed by atoms with van der Waals surface area (Å²) in [6, 6.07) is 14.7. The van der Waals surface area contributed by atoms with Gasteiger partial charge in [0.2, 0.25) is 0 Å². The van der Waals surface area contributed by atoms with Gasteiger partial charge in [0, 0.05) is 24.3 Å². The van der Waals surface area contributed by atoms with Crippen LogP contribution in [0.15, 0.2) is 42.6 Å². The largest absolute Gasteiger partial charge is 0.312 e. The second-order valence-corrected chi connectivity index (χ2v) is 6.01. The van der Waals surface area contributed by atoms with E-state index >= 15 is 0 Å². The molecule has 1 N–H and O–H groups in total. The summed E-state index contributed by atoms with van der Waals surface area (Å²) in [6.45, 7) is 3.49. The Morgan fingerprint density at radius 2 is 1.83 bits per heavy atom. The summed E-state index contributed by atoms with van der Waals surface area (Å²) in [5, 5.41) is 12.2. The molecule has 0 aliphatic carbocycles. The van der Waals surface area contributed by atoms with Crippen LogP contribution in [0.4, 0.5) is 0 Å². The van der Waals surface area contributed by atoms with Crippen molar-refractivity contribution in [3.05, 3.63) is 53.9 Å².